The summed E-state index contributed by atoms with van der Waals surface area (Å²) < 4.78 is 0.532. The van der Waals surface area contributed by atoms with Crippen LogP contribution in [0.1, 0.15) is 11.1 Å². The summed E-state index contributed by atoms with van der Waals surface area (Å²) >= 11 is 7.35. The third kappa shape index (κ3) is 2.49. The molecule has 6 nitrogen and oxygen atoms in total. The second-order valence-corrected chi connectivity index (χ2v) is 6.36. The number of hydrogen-bond acceptors (Lipinski definition) is 5. The van der Waals surface area contributed by atoms with E-state index in [4.69, 9.17) is 11.6 Å². The number of likely N-dealkylation sites (N-methyl/N-ethyl adjacent to an activating group) is 1. The summed E-state index contributed by atoms with van der Waals surface area (Å²) in [4.78, 5) is 28.3. The molecule has 1 aromatic carbocycles. The summed E-state index contributed by atoms with van der Waals surface area (Å²) in [6.07, 6.45) is 0. The molecule has 1 aliphatic heterocycles. The molecule has 8 heteroatoms. The van der Waals surface area contributed by atoms with Gasteiger partial charge in [-0.05, 0) is 6.07 Å². The van der Waals surface area contributed by atoms with Gasteiger partial charge in [0, 0.05) is 30.3 Å². The Balaban J connectivity index is 2.17. The molecule has 2 aromatic rings. The van der Waals surface area contributed by atoms with Crippen molar-refractivity contribution in [1.29, 1.82) is 0 Å². The molecule has 1 aliphatic rings. The first-order valence-corrected chi connectivity index (χ1v) is 7.52. The van der Waals surface area contributed by atoms with E-state index < -0.39 is 4.92 Å². The quantitative estimate of drug-likeness (QED) is 0.625. The SMILES string of the molecule is CN1C(=O)CN=C(c2cccc([N+](=O)[O-])c2)c2cc(Cl)sc21. The highest BCUT2D eigenvalue weighted by Gasteiger charge is 2.25. The van der Waals surface area contributed by atoms with Gasteiger partial charge in [-0.1, -0.05) is 23.7 Å². The molecule has 2 heterocycles. The number of carbonyl (C=O) groups is 1. The number of benzene rings is 1. The number of fused-ring (bicyclic) bond motifs is 1. The smallest absolute Gasteiger partial charge is 0.270 e. The van der Waals surface area contributed by atoms with Gasteiger partial charge < -0.3 is 4.90 Å². The third-order valence-corrected chi connectivity index (χ3v) is 4.66. The Morgan fingerprint density at radius 1 is 1.41 bits per heavy atom. The topological polar surface area (TPSA) is 75.8 Å². The Hall–Kier alpha value is -2.25. The first kappa shape index (κ1) is 14.7. The highest BCUT2D eigenvalue weighted by atomic mass is 35.5. The number of rotatable bonds is 2. The Kier molecular flexibility index (Phi) is 3.67. The van der Waals surface area contributed by atoms with Crippen LogP contribution in [0.2, 0.25) is 4.34 Å². The van der Waals surface area contributed by atoms with Crippen LogP contribution in [0.15, 0.2) is 35.3 Å². The van der Waals surface area contributed by atoms with E-state index in [1.807, 2.05) is 0 Å². The molecule has 0 fully saturated rings. The molecule has 0 atom stereocenters. The lowest BCUT2D eigenvalue weighted by Crippen LogP contribution is -2.26. The molecule has 22 heavy (non-hydrogen) atoms. The number of nitrogens with zero attached hydrogens (tertiary/aromatic N) is 3. The van der Waals surface area contributed by atoms with Crippen LogP contribution in [0.25, 0.3) is 0 Å². The van der Waals surface area contributed by atoms with Crippen LogP contribution >= 0.6 is 22.9 Å². The van der Waals surface area contributed by atoms with Crippen LogP contribution in [0.4, 0.5) is 10.7 Å². The van der Waals surface area contributed by atoms with Gasteiger partial charge in [-0.2, -0.15) is 0 Å². The zero-order chi connectivity index (χ0) is 15.9. The zero-order valence-electron chi connectivity index (χ0n) is 11.4. The van der Waals surface area contributed by atoms with E-state index in [9.17, 15) is 14.9 Å². The van der Waals surface area contributed by atoms with Crippen molar-refractivity contribution >= 4 is 45.2 Å². The van der Waals surface area contributed by atoms with Gasteiger partial charge in [-0.15, -0.1) is 11.3 Å². The predicted molar refractivity (Wildman–Crippen MR) is 86.3 cm³/mol. The van der Waals surface area contributed by atoms with Gasteiger partial charge in [0.25, 0.3) is 5.69 Å². The number of nitro benzene ring substituents is 1. The largest absolute Gasteiger partial charge is 0.305 e. The van der Waals surface area contributed by atoms with Gasteiger partial charge >= 0.3 is 0 Å². The van der Waals surface area contributed by atoms with E-state index in [1.165, 1.54) is 28.4 Å². The van der Waals surface area contributed by atoms with Crippen LogP contribution in [-0.2, 0) is 4.79 Å². The van der Waals surface area contributed by atoms with Crippen LogP contribution in [0.5, 0.6) is 0 Å². The number of non-ortho nitro benzene ring substituents is 1. The van der Waals surface area contributed by atoms with Crippen molar-refractivity contribution in [3.8, 4) is 0 Å². The van der Waals surface area contributed by atoms with Gasteiger partial charge in [0.15, 0.2) is 0 Å². The number of anilines is 1. The molecule has 0 spiro atoms. The molecule has 0 bridgehead atoms. The fraction of sp³-hybridized carbons (Fsp3) is 0.143. The zero-order valence-corrected chi connectivity index (χ0v) is 13.0. The molecule has 1 aromatic heterocycles. The number of hydrogen-bond donors (Lipinski definition) is 0. The summed E-state index contributed by atoms with van der Waals surface area (Å²) in [5.41, 5.74) is 1.82. The van der Waals surface area contributed by atoms with E-state index in [-0.39, 0.29) is 18.1 Å². The molecule has 0 radical (unpaired) electrons. The monoisotopic (exact) mass is 335 g/mol. The fourth-order valence-corrected chi connectivity index (χ4v) is 3.43. The van der Waals surface area contributed by atoms with E-state index >= 15 is 0 Å². The Morgan fingerprint density at radius 3 is 2.91 bits per heavy atom. The first-order chi connectivity index (χ1) is 10.5. The van der Waals surface area contributed by atoms with Gasteiger partial charge in [0.05, 0.1) is 15.0 Å². The normalized spacial score (nSPS) is 14.4. The van der Waals surface area contributed by atoms with E-state index in [2.05, 4.69) is 4.99 Å². The lowest BCUT2D eigenvalue weighted by atomic mass is 10.0. The van der Waals surface area contributed by atoms with Gasteiger partial charge in [-0.25, -0.2) is 0 Å². The lowest BCUT2D eigenvalue weighted by molar-refractivity contribution is -0.384. The maximum Gasteiger partial charge on any atom is 0.270 e. The van der Waals surface area contributed by atoms with Gasteiger partial charge in [-0.3, -0.25) is 19.9 Å². The number of carbonyl (C=O) groups excluding carboxylic acids is 1. The second kappa shape index (κ2) is 5.51. The number of nitro groups is 1. The molecule has 0 saturated carbocycles. The average Bonchev–Trinajstić information content (AvgIpc) is 2.83. The van der Waals surface area contributed by atoms with Crippen molar-refractivity contribution in [2.75, 3.05) is 18.5 Å². The summed E-state index contributed by atoms with van der Waals surface area (Å²) in [6, 6.07) is 7.93. The summed E-state index contributed by atoms with van der Waals surface area (Å²) in [5.74, 6) is -0.153. The minimum Gasteiger partial charge on any atom is -0.305 e. The van der Waals surface area contributed by atoms with E-state index in [0.717, 1.165) is 0 Å². The molecular formula is C14H10ClN3O3S. The Morgan fingerprint density at radius 2 is 2.18 bits per heavy atom. The third-order valence-electron chi connectivity index (χ3n) is 3.32. The standard InChI is InChI=1S/C14H10ClN3O3S/c1-17-12(19)7-16-13(10-6-11(15)22-14(10)17)8-3-2-4-9(5-8)18(20)21/h2-6H,7H2,1H3. The molecule has 0 N–H and O–H groups in total. The van der Waals surface area contributed by atoms with Crippen molar-refractivity contribution < 1.29 is 9.72 Å². The second-order valence-electron chi connectivity index (χ2n) is 4.69. The fourth-order valence-electron chi connectivity index (χ4n) is 2.24. The summed E-state index contributed by atoms with van der Waals surface area (Å²) in [6.45, 7) is -0.00640. The molecule has 0 saturated heterocycles. The molecule has 3 rings (SSSR count). The Bertz CT molecular complexity index is 815. The van der Waals surface area contributed by atoms with E-state index in [1.54, 1.807) is 25.2 Å². The van der Waals surface area contributed by atoms with Crippen LogP contribution in [0, 0.1) is 10.1 Å². The minimum atomic E-state index is -0.459. The molecular weight excluding hydrogens is 326 g/mol. The highest BCUT2D eigenvalue weighted by Crippen LogP contribution is 2.37. The van der Waals surface area contributed by atoms with Gasteiger partial charge in [0.2, 0.25) is 5.91 Å². The summed E-state index contributed by atoms with van der Waals surface area (Å²) in [5, 5.41) is 11.6. The van der Waals surface area contributed by atoms with Crippen molar-refractivity contribution in [2.24, 2.45) is 4.99 Å². The number of thiophene rings is 1. The average molecular weight is 336 g/mol. The van der Waals surface area contributed by atoms with Crippen molar-refractivity contribution in [3.05, 3.63) is 55.9 Å². The minimum absolute atomic E-state index is 0.00640. The van der Waals surface area contributed by atoms with Crippen molar-refractivity contribution in [2.45, 2.75) is 0 Å². The highest BCUT2D eigenvalue weighted by molar-refractivity contribution is 7.20. The Labute approximate surface area is 134 Å². The number of halogens is 1. The molecule has 1 amide bonds. The molecule has 112 valence electrons. The molecule has 0 unspecified atom stereocenters. The predicted octanol–water partition coefficient (Wildman–Crippen LogP) is 3.12. The van der Waals surface area contributed by atoms with E-state index in [0.29, 0.717) is 26.2 Å². The van der Waals surface area contributed by atoms with Gasteiger partial charge in [0.1, 0.15) is 11.5 Å². The maximum absolute atomic E-state index is 12.0. The molecule has 0 aliphatic carbocycles. The summed E-state index contributed by atoms with van der Waals surface area (Å²) in [7, 11) is 1.67. The number of aliphatic imine (C=N–C) groups is 1. The van der Waals surface area contributed by atoms with Crippen LogP contribution in [0.3, 0.4) is 0 Å². The van der Waals surface area contributed by atoms with Crippen molar-refractivity contribution in [3.63, 3.8) is 0 Å². The van der Waals surface area contributed by atoms with Crippen LogP contribution in [-0.4, -0.2) is 30.1 Å². The van der Waals surface area contributed by atoms with Crippen molar-refractivity contribution in [1.82, 2.24) is 0 Å². The van der Waals surface area contributed by atoms with Crippen LogP contribution < -0.4 is 4.90 Å². The lowest BCUT2D eigenvalue weighted by Gasteiger charge is -2.13. The maximum atomic E-state index is 12.0. The number of amides is 1. The first-order valence-electron chi connectivity index (χ1n) is 6.33.